The quantitative estimate of drug-likeness (QED) is 0.921. The zero-order valence-corrected chi connectivity index (χ0v) is 11.0. The van der Waals surface area contributed by atoms with Gasteiger partial charge in [-0.25, -0.2) is 4.98 Å². The first-order valence-corrected chi connectivity index (χ1v) is 6.50. The van der Waals surface area contributed by atoms with Gasteiger partial charge in [0, 0.05) is 22.7 Å². The molecule has 0 fully saturated rings. The average Bonchev–Trinajstić information content (AvgIpc) is 2.72. The molecule has 0 bridgehead atoms. The molecule has 0 radical (unpaired) electrons. The molecule has 0 aromatic carbocycles. The largest absolute Gasteiger partial charge is 0.328 e. The van der Waals surface area contributed by atoms with Crippen molar-refractivity contribution in [3.63, 3.8) is 0 Å². The van der Waals surface area contributed by atoms with Crippen molar-refractivity contribution in [1.29, 1.82) is 5.26 Å². The molecule has 0 amide bonds. The number of aromatic nitrogens is 2. The van der Waals surface area contributed by atoms with Gasteiger partial charge in [0.2, 0.25) is 5.56 Å². The highest BCUT2D eigenvalue weighted by molar-refractivity contribution is 7.12. The average molecular weight is 259 g/mol. The van der Waals surface area contributed by atoms with Crippen LogP contribution in [0.4, 0.5) is 0 Å². The second kappa shape index (κ2) is 5.15. The predicted molar refractivity (Wildman–Crippen MR) is 71.4 cm³/mol. The van der Waals surface area contributed by atoms with E-state index in [0.717, 1.165) is 22.6 Å². The monoisotopic (exact) mass is 259 g/mol. The lowest BCUT2D eigenvalue weighted by Gasteiger charge is -2.04. The van der Waals surface area contributed by atoms with Gasteiger partial charge < -0.3 is 4.98 Å². The molecule has 0 unspecified atom stereocenters. The topological polar surface area (TPSA) is 69.5 Å². The van der Waals surface area contributed by atoms with Gasteiger partial charge in [-0.1, -0.05) is 13.8 Å². The van der Waals surface area contributed by atoms with Crippen molar-refractivity contribution in [2.75, 3.05) is 0 Å². The number of nitrogens with zero attached hydrogens (tertiary/aromatic N) is 2. The summed E-state index contributed by atoms with van der Waals surface area (Å²) in [5, 5.41) is 9.41. The van der Waals surface area contributed by atoms with Gasteiger partial charge in [-0.05, 0) is 18.4 Å². The number of thiazole rings is 1. The normalized spacial score (nSPS) is 10.6. The van der Waals surface area contributed by atoms with Gasteiger partial charge in [-0.2, -0.15) is 5.26 Å². The number of pyridine rings is 1. The Labute approximate surface area is 109 Å². The van der Waals surface area contributed by atoms with Crippen LogP contribution in [0.25, 0.3) is 11.3 Å². The van der Waals surface area contributed by atoms with Gasteiger partial charge in [0.1, 0.15) is 6.07 Å². The van der Waals surface area contributed by atoms with E-state index in [-0.39, 0.29) is 5.56 Å². The lowest BCUT2D eigenvalue weighted by molar-refractivity contribution is 0.654. The fourth-order valence-electron chi connectivity index (χ4n) is 1.69. The summed E-state index contributed by atoms with van der Waals surface area (Å²) in [5.41, 5.74) is 1.52. The maximum Gasteiger partial charge on any atom is 0.247 e. The highest BCUT2D eigenvalue weighted by atomic mass is 32.1. The first-order chi connectivity index (χ1) is 8.60. The number of H-pyrrole nitrogens is 1. The molecule has 18 heavy (non-hydrogen) atoms. The molecule has 0 aliphatic heterocycles. The second-order valence-electron chi connectivity index (χ2n) is 4.44. The Morgan fingerprint density at radius 1 is 1.50 bits per heavy atom. The highest BCUT2D eigenvalue weighted by Crippen LogP contribution is 2.29. The third-order valence-electron chi connectivity index (χ3n) is 2.44. The van der Waals surface area contributed by atoms with Crippen LogP contribution >= 0.6 is 11.3 Å². The van der Waals surface area contributed by atoms with Gasteiger partial charge in [0.05, 0.1) is 5.69 Å². The van der Waals surface area contributed by atoms with Crippen molar-refractivity contribution in [1.82, 2.24) is 9.97 Å². The Kier molecular flexibility index (Phi) is 3.58. The molecule has 2 rings (SSSR count). The van der Waals surface area contributed by atoms with Crippen LogP contribution in [0.1, 0.15) is 23.7 Å². The zero-order valence-electron chi connectivity index (χ0n) is 10.2. The first kappa shape index (κ1) is 12.5. The molecule has 1 N–H and O–H groups in total. The van der Waals surface area contributed by atoms with Gasteiger partial charge in [0.25, 0.3) is 0 Å². The maximum atomic E-state index is 11.1. The van der Waals surface area contributed by atoms with Gasteiger partial charge >= 0.3 is 0 Å². The van der Waals surface area contributed by atoms with E-state index in [1.165, 1.54) is 17.4 Å². The first-order valence-electron chi connectivity index (χ1n) is 5.69. The summed E-state index contributed by atoms with van der Waals surface area (Å²) in [4.78, 5) is 19.1. The minimum absolute atomic E-state index is 0.139. The van der Waals surface area contributed by atoms with Crippen LogP contribution in [0.2, 0.25) is 0 Å². The van der Waals surface area contributed by atoms with E-state index in [9.17, 15) is 4.79 Å². The molecular formula is C13H13N3OS. The summed E-state index contributed by atoms with van der Waals surface area (Å²) < 4.78 is 0. The van der Waals surface area contributed by atoms with Crippen molar-refractivity contribution < 1.29 is 0 Å². The van der Waals surface area contributed by atoms with Crippen LogP contribution in [0.5, 0.6) is 0 Å². The Bertz CT molecular complexity index is 628. The van der Waals surface area contributed by atoms with E-state index >= 15 is 0 Å². The Morgan fingerprint density at radius 3 is 2.83 bits per heavy atom. The highest BCUT2D eigenvalue weighted by Gasteiger charge is 2.14. The third kappa shape index (κ3) is 2.66. The SMILES string of the molecule is CC(C)Cc1sc(C#N)nc1-c1ccc(=O)[nH]c1. The summed E-state index contributed by atoms with van der Waals surface area (Å²) in [6, 6.07) is 5.28. The number of nitrogens with one attached hydrogen (secondary N) is 1. The minimum Gasteiger partial charge on any atom is -0.328 e. The minimum atomic E-state index is -0.139. The van der Waals surface area contributed by atoms with E-state index < -0.39 is 0 Å². The molecule has 0 aliphatic carbocycles. The van der Waals surface area contributed by atoms with Gasteiger partial charge in [-0.15, -0.1) is 11.3 Å². The standard InChI is InChI=1S/C13H13N3OS/c1-8(2)5-10-13(16-12(6-14)18-10)9-3-4-11(17)15-7-9/h3-4,7-8H,5H2,1-2H3,(H,15,17). The fraction of sp³-hybridized carbons (Fsp3) is 0.308. The van der Waals surface area contributed by atoms with Crippen molar-refractivity contribution in [3.8, 4) is 17.3 Å². The van der Waals surface area contributed by atoms with Crippen LogP contribution in [-0.4, -0.2) is 9.97 Å². The molecule has 0 saturated carbocycles. The number of aromatic amines is 1. The van der Waals surface area contributed by atoms with Crippen LogP contribution in [0, 0.1) is 17.2 Å². The van der Waals surface area contributed by atoms with Crippen molar-refractivity contribution in [3.05, 3.63) is 38.6 Å². The summed E-state index contributed by atoms with van der Waals surface area (Å²) in [5.74, 6) is 0.499. The summed E-state index contributed by atoms with van der Waals surface area (Å²) in [6.45, 7) is 4.25. The molecule has 4 nitrogen and oxygen atoms in total. The molecule has 0 atom stereocenters. The van der Waals surface area contributed by atoms with Crippen LogP contribution in [0.3, 0.4) is 0 Å². The summed E-state index contributed by atoms with van der Waals surface area (Å²) in [7, 11) is 0. The van der Waals surface area contributed by atoms with E-state index in [1.807, 2.05) is 0 Å². The molecule has 0 saturated heterocycles. The van der Waals surface area contributed by atoms with Crippen LogP contribution < -0.4 is 5.56 Å². The van der Waals surface area contributed by atoms with Crippen molar-refractivity contribution >= 4 is 11.3 Å². The number of nitriles is 1. The summed E-state index contributed by atoms with van der Waals surface area (Å²) in [6.07, 6.45) is 2.52. The van der Waals surface area contributed by atoms with Crippen molar-refractivity contribution in [2.24, 2.45) is 5.92 Å². The second-order valence-corrected chi connectivity index (χ2v) is 5.53. The maximum absolute atomic E-state index is 11.1. The molecule has 92 valence electrons. The van der Waals surface area contributed by atoms with Gasteiger partial charge in [0.15, 0.2) is 5.01 Å². The molecular weight excluding hydrogens is 246 g/mol. The predicted octanol–water partition coefficient (Wildman–Crippen LogP) is 2.57. The Hall–Kier alpha value is -1.93. The van der Waals surface area contributed by atoms with Crippen molar-refractivity contribution in [2.45, 2.75) is 20.3 Å². The Morgan fingerprint density at radius 2 is 2.28 bits per heavy atom. The fourth-order valence-corrected chi connectivity index (χ4v) is 2.78. The smallest absolute Gasteiger partial charge is 0.247 e. The molecule has 5 heteroatoms. The lowest BCUT2D eigenvalue weighted by Crippen LogP contribution is -2.02. The molecule has 0 aliphatic rings. The van der Waals surface area contributed by atoms with E-state index in [4.69, 9.17) is 5.26 Å². The van der Waals surface area contributed by atoms with E-state index in [2.05, 4.69) is 29.9 Å². The summed E-state index contributed by atoms with van der Waals surface area (Å²) >= 11 is 1.42. The van der Waals surface area contributed by atoms with E-state index in [0.29, 0.717) is 10.9 Å². The number of hydrogen-bond acceptors (Lipinski definition) is 4. The molecule has 2 heterocycles. The lowest BCUT2D eigenvalue weighted by atomic mass is 10.1. The molecule has 2 aromatic rings. The third-order valence-corrected chi connectivity index (χ3v) is 3.43. The Balaban J connectivity index is 2.48. The number of rotatable bonds is 3. The zero-order chi connectivity index (χ0) is 13.1. The van der Waals surface area contributed by atoms with E-state index in [1.54, 1.807) is 12.3 Å². The van der Waals surface area contributed by atoms with Crippen LogP contribution in [0.15, 0.2) is 23.1 Å². The molecule has 2 aromatic heterocycles. The van der Waals surface area contributed by atoms with Crippen LogP contribution in [-0.2, 0) is 6.42 Å². The number of hydrogen-bond donors (Lipinski definition) is 1. The molecule has 0 spiro atoms. The van der Waals surface area contributed by atoms with Gasteiger partial charge in [-0.3, -0.25) is 4.79 Å².